The number of benzene rings is 2. The smallest absolute Gasteiger partial charge is 0.347 e. The van der Waals surface area contributed by atoms with Crippen molar-refractivity contribution in [3.63, 3.8) is 0 Å². The predicted molar refractivity (Wildman–Crippen MR) is 87.3 cm³/mol. The number of ether oxygens (including phenoxy) is 2. The molecule has 0 saturated carbocycles. The van der Waals surface area contributed by atoms with Gasteiger partial charge in [0.05, 0.1) is 6.61 Å². The lowest BCUT2D eigenvalue weighted by Crippen LogP contribution is -2.40. The maximum Gasteiger partial charge on any atom is 0.347 e. The fourth-order valence-corrected chi connectivity index (χ4v) is 2.58. The number of halogens is 2. The Morgan fingerprint density at radius 3 is 1.68 bits per heavy atom. The molecule has 0 amide bonds. The van der Waals surface area contributed by atoms with Gasteiger partial charge in [-0.2, -0.15) is 0 Å². The largest absolute Gasteiger partial charge is 0.463 e. The van der Waals surface area contributed by atoms with Crippen LogP contribution in [-0.4, -0.2) is 19.7 Å². The highest BCUT2D eigenvalue weighted by Crippen LogP contribution is 2.36. The number of hydrogen-bond donors (Lipinski definition) is 0. The Morgan fingerprint density at radius 1 is 0.955 bits per heavy atom. The Bertz CT molecular complexity index is 590. The van der Waals surface area contributed by atoms with E-state index in [1.54, 1.807) is 55.5 Å². The van der Waals surface area contributed by atoms with Crippen LogP contribution in [0.4, 0.5) is 0 Å². The van der Waals surface area contributed by atoms with Crippen molar-refractivity contribution in [1.82, 2.24) is 0 Å². The van der Waals surface area contributed by atoms with Crippen molar-refractivity contribution < 1.29 is 14.3 Å². The zero-order chi connectivity index (χ0) is 16.2. The summed E-state index contributed by atoms with van der Waals surface area (Å²) in [7, 11) is 1.47. The van der Waals surface area contributed by atoms with Gasteiger partial charge in [-0.15, -0.1) is 0 Å². The van der Waals surface area contributed by atoms with Crippen molar-refractivity contribution >= 4 is 29.2 Å². The number of carbonyl (C=O) groups excluding carboxylic acids is 1. The minimum atomic E-state index is -1.36. The van der Waals surface area contributed by atoms with Crippen molar-refractivity contribution in [2.75, 3.05) is 13.7 Å². The third kappa shape index (κ3) is 3.12. The van der Waals surface area contributed by atoms with Gasteiger partial charge in [-0.3, -0.25) is 0 Å². The second-order valence-corrected chi connectivity index (χ2v) is 5.49. The van der Waals surface area contributed by atoms with Crippen LogP contribution in [0.2, 0.25) is 10.0 Å². The topological polar surface area (TPSA) is 35.5 Å². The Morgan fingerprint density at radius 2 is 1.36 bits per heavy atom. The molecule has 0 aliphatic rings. The molecule has 0 aromatic heterocycles. The maximum absolute atomic E-state index is 12.7. The normalized spacial score (nSPS) is 11.3. The molecular formula is C17H16Cl2O3. The Balaban J connectivity index is 2.63. The van der Waals surface area contributed by atoms with Crippen LogP contribution in [0.1, 0.15) is 18.1 Å². The van der Waals surface area contributed by atoms with Gasteiger partial charge >= 0.3 is 5.97 Å². The van der Waals surface area contributed by atoms with Crippen LogP contribution in [-0.2, 0) is 19.9 Å². The summed E-state index contributed by atoms with van der Waals surface area (Å²) in [6.45, 7) is 2.01. The summed E-state index contributed by atoms with van der Waals surface area (Å²) < 4.78 is 10.9. The summed E-state index contributed by atoms with van der Waals surface area (Å²) >= 11 is 11.9. The zero-order valence-corrected chi connectivity index (χ0v) is 13.8. The molecule has 0 unspecified atom stereocenters. The lowest BCUT2D eigenvalue weighted by atomic mass is 9.86. The number of esters is 1. The Hall–Kier alpha value is -1.55. The summed E-state index contributed by atoms with van der Waals surface area (Å²) in [5.41, 5.74) is -0.0779. The first kappa shape index (κ1) is 16.8. The van der Waals surface area contributed by atoms with Crippen molar-refractivity contribution in [3.8, 4) is 0 Å². The van der Waals surface area contributed by atoms with E-state index in [2.05, 4.69) is 0 Å². The van der Waals surface area contributed by atoms with Gasteiger partial charge in [0.1, 0.15) is 0 Å². The van der Waals surface area contributed by atoms with Crippen molar-refractivity contribution in [2.24, 2.45) is 0 Å². The molecule has 0 N–H and O–H groups in total. The molecule has 2 aromatic rings. The average molecular weight is 339 g/mol. The molecule has 22 heavy (non-hydrogen) atoms. The molecule has 3 nitrogen and oxygen atoms in total. The molecule has 0 fully saturated rings. The lowest BCUT2D eigenvalue weighted by Gasteiger charge is -2.31. The Labute approximate surface area is 139 Å². The molecule has 2 rings (SSSR count). The molecule has 116 valence electrons. The van der Waals surface area contributed by atoms with E-state index < -0.39 is 11.6 Å². The zero-order valence-electron chi connectivity index (χ0n) is 12.3. The van der Waals surface area contributed by atoms with Crippen LogP contribution in [0.25, 0.3) is 0 Å². The van der Waals surface area contributed by atoms with Gasteiger partial charge in [-0.05, 0) is 42.3 Å². The number of methoxy groups -OCH3 is 1. The summed E-state index contributed by atoms with van der Waals surface area (Å²) in [5.74, 6) is -0.484. The number of rotatable bonds is 5. The van der Waals surface area contributed by atoms with Gasteiger partial charge in [0.25, 0.3) is 0 Å². The van der Waals surface area contributed by atoms with Crippen LogP contribution in [0.3, 0.4) is 0 Å². The molecule has 0 radical (unpaired) electrons. The second kappa shape index (κ2) is 7.14. The van der Waals surface area contributed by atoms with Gasteiger partial charge in [0.15, 0.2) is 0 Å². The number of hydrogen-bond acceptors (Lipinski definition) is 3. The Kier molecular flexibility index (Phi) is 5.46. The highest BCUT2D eigenvalue weighted by atomic mass is 35.5. The second-order valence-electron chi connectivity index (χ2n) is 4.62. The molecule has 0 atom stereocenters. The molecule has 5 heteroatoms. The first-order chi connectivity index (χ1) is 10.5. The van der Waals surface area contributed by atoms with Crippen LogP contribution >= 0.6 is 23.2 Å². The molecule has 2 aromatic carbocycles. The summed E-state index contributed by atoms with van der Waals surface area (Å²) in [5, 5.41) is 1.16. The van der Waals surface area contributed by atoms with E-state index in [-0.39, 0.29) is 6.61 Å². The van der Waals surface area contributed by atoms with E-state index in [0.717, 1.165) is 0 Å². The van der Waals surface area contributed by atoms with Gasteiger partial charge < -0.3 is 9.47 Å². The van der Waals surface area contributed by atoms with E-state index in [1.165, 1.54) is 7.11 Å². The molecule has 0 bridgehead atoms. The molecule has 0 aliphatic carbocycles. The van der Waals surface area contributed by atoms with Crippen molar-refractivity contribution in [2.45, 2.75) is 12.5 Å². The quantitative estimate of drug-likeness (QED) is 0.755. The molecule has 0 heterocycles. The lowest BCUT2D eigenvalue weighted by molar-refractivity contribution is -0.164. The number of carbonyl (C=O) groups is 1. The molecule has 0 saturated heterocycles. The van der Waals surface area contributed by atoms with Crippen LogP contribution < -0.4 is 0 Å². The van der Waals surface area contributed by atoms with E-state index in [4.69, 9.17) is 32.7 Å². The molecular weight excluding hydrogens is 323 g/mol. The van der Waals surface area contributed by atoms with Gasteiger partial charge in [-0.25, -0.2) is 4.79 Å². The van der Waals surface area contributed by atoms with Gasteiger partial charge in [0.2, 0.25) is 5.60 Å². The third-order valence-corrected chi connectivity index (χ3v) is 3.87. The minimum absolute atomic E-state index is 0.255. The first-order valence-corrected chi connectivity index (χ1v) is 7.54. The predicted octanol–water partition coefficient (Wildman–Crippen LogP) is 4.45. The van der Waals surface area contributed by atoms with Crippen LogP contribution in [0.15, 0.2) is 48.5 Å². The fraction of sp³-hybridized carbons (Fsp3) is 0.235. The summed E-state index contributed by atoms with van der Waals surface area (Å²) in [6.07, 6.45) is 0. The van der Waals surface area contributed by atoms with E-state index in [9.17, 15) is 4.79 Å². The van der Waals surface area contributed by atoms with E-state index >= 15 is 0 Å². The standard InChI is InChI=1S/C17H16Cl2O3/c1-3-22-16(20)17(21-2,12-4-8-14(18)9-5-12)13-6-10-15(19)11-7-13/h4-11H,3H2,1-2H3. The van der Waals surface area contributed by atoms with Crippen LogP contribution in [0.5, 0.6) is 0 Å². The maximum atomic E-state index is 12.7. The van der Waals surface area contributed by atoms with E-state index in [0.29, 0.717) is 21.2 Å². The van der Waals surface area contributed by atoms with Gasteiger partial charge in [-0.1, -0.05) is 47.5 Å². The molecule has 0 aliphatic heterocycles. The van der Waals surface area contributed by atoms with E-state index in [1.807, 2.05) is 0 Å². The molecule has 0 spiro atoms. The average Bonchev–Trinajstić information content (AvgIpc) is 2.52. The highest BCUT2D eigenvalue weighted by Gasteiger charge is 2.44. The summed E-state index contributed by atoms with van der Waals surface area (Å²) in [6, 6.07) is 13.8. The monoisotopic (exact) mass is 338 g/mol. The van der Waals surface area contributed by atoms with Gasteiger partial charge in [0, 0.05) is 17.2 Å². The first-order valence-electron chi connectivity index (χ1n) is 6.79. The third-order valence-electron chi connectivity index (χ3n) is 3.37. The summed E-state index contributed by atoms with van der Waals surface area (Å²) in [4.78, 5) is 12.7. The minimum Gasteiger partial charge on any atom is -0.463 e. The fourth-order valence-electron chi connectivity index (χ4n) is 2.32. The SMILES string of the molecule is CCOC(=O)C(OC)(c1ccc(Cl)cc1)c1ccc(Cl)cc1. The van der Waals surface area contributed by atoms with Crippen molar-refractivity contribution in [3.05, 3.63) is 69.7 Å². The van der Waals surface area contributed by atoms with Crippen LogP contribution in [0, 0.1) is 0 Å². The highest BCUT2D eigenvalue weighted by molar-refractivity contribution is 6.30. The van der Waals surface area contributed by atoms with Crippen molar-refractivity contribution in [1.29, 1.82) is 0 Å².